The molecule has 1 aliphatic heterocycles. The largest absolute Gasteiger partial charge is 0.573 e. The molecule has 0 aliphatic carbocycles. The molecule has 10 heteroatoms. The SMILES string of the molecule is O=C(c1ccc(OC(F)(F)F)cc1)N1CCC[C@@H](S(=O)(=O)c2ccc(F)cc2)C1. The number of halogens is 4. The average Bonchev–Trinajstić information content (AvgIpc) is 2.67. The molecule has 1 fully saturated rings. The number of hydrogen-bond donors (Lipinski definition) is 0. The van der Waals surface area contributed by atoms with E-state index < -0.39 is 38.9 Å². The van der Waals surface area contributed by atoms with Crippen LogP contribution >= 0.6 is 0 Å². The van der Waals surface area contributed by atoms with Crippen LogP contribution < -0.4 is 4.74 Å². The molecular formula is C19H17F4NO4S. The predicted molar refractivity (Wildman–Crippen MR) is 95.6 cm³/mol. The maximum atomic E-state index is 13.1. The summed E-state index contributed by atoms with van der Waals surface area (Å²) in [6, 6.07) is 8.93. The minimum atomic E-state index is -4.83. The lowest BCUT2D eigenvalue weighted by Crippen LogP contribution is -2.45. The summed E-state index contributed by atoms with van der Waals surface area (Å²) in [6.45, 7) is 0.272. The molecule has 0 spiro atoms. The topological polar surface area (TPSA) is 63.7 Å². The Morgan fingerprint density at radius 2 is 1.66 bits per heavy atom. The fraction of sp³-hybridized carbons (Fsp3) is 0.316. The van der Waals surface area contributed by atoms with Crippen molar-refractivity contribution in [3.63, 3.8) is 0 Å². The van der Waals surface area contributed by atoms with Gasteiger partial charge in [-0.2, -0.15) is 0 Å². The van der Waals surface area contributed by atoms with E-state index in [-0.39, 0.29) is 17.0 Å². The van der Waals surface area contributed by atoms with Crippen LogP contribution in [0, 0.1) is 5.82 Å². The first-order valence-electron chi connectivity index (χ1n) is 8.71. The Kier molecular flexibility index (Phi) is 5.83. The first-order valence-corrected chi connectivity index (χ1v) is 10.3. The van der Waals surface area contributed by atoms with Crippen LogP contribution in [0.5, 0.6) is 5.75 Å². The number of ether oxygens (including phenoxy) is 1. The van der Waals surface area contributed by atoms with E-state index in [9.17, 15) is 30.8 Å². The van der Waals surface area contributed by atoms with Gasteiger partial charge >= 0.3 is 6.36 Å². The second-order valence-electron chi connectivity index (χ2n) is 6.59. The number of hydrogen-bond acceptors (Lipinski definition) is 4. The number of carbonyl (C=O) groups excluding carboxylic acids is 1. The molecule has 2 aromatic rings. The zero-order valence-electron chi connectivity index (χ0n) is 15.0. The van der Waals surface area contributed by atoms with Crippen LogP contribution in [0.25, 0.3) is 0 Å². The third kappa shape index (κ3) is 5.06. The minimum Gasteiger partial charge on any atom is -0.406 e. The predicted octanol–water partition coefficient (Wildman–Crippen LogP) is 3.80. The summed E-state index contributed by atoms with van der Waals surface area (Å²) in [4.78, 5) is 14.0. The first kappa shape index (κ1) is 21.1. The van der Waals surface area contributed by atoms with Crippen molar-refractivity contribution in [3.05, 3.63) is 59.9 Å². The van der Waals surface area contributed by atoms with Crippen LogP contribution in [0.4, 0.5) is 17.6 Å². The summed E-state index contributed by atoms with van der Waals surface area (Å²) in [5.41, 5.74) is 0.124. The number of benzene rings is 2. The summed E-state index contributed by atoms with van der Waals surface area (Å²) in [6.07, 6.45) is -4.03. The number of alkyl halides is 3. The number of carbonyl (C=O) groups is 1. The number of nitrogens with zero attached hydrogens (tertiary/aromatic N) is 1. The molecule has 1 atom stereocenters. The van der Waals surface area contributed by atoms with Crippen LogP contribution in [-0.2, 0) is 9.84 Å². The molecule has 0 unspecified atom stereocenters. The summed E-state index contributed by atoms with van der Waals surface area (Å²) < 4.78 is 79.1. The van der Waals surface area contributed by atoms with Gasteiger partial charge in [0.1, 0.15) is 11.6 Å². The Morgan fingerprint density at radius 3 is 2.24 bits per heavy atom. The van der Waals surface area contributed by atoms with Crippen LogP contribution in [-0.4, -0.2) is 43.9 Å². The molecule has 1 amide bonds. The van der Waals surface area contributed by atoms with Crippen molar-refractivity contribution in [2.45, 2.75) is 29.3 Å². The number of amides is 1. The van der Waals surface area contributed by atoms with Crippen LogP contribution in [0.1, 0.15) is 23.2 Å². The highest BCUT2D eigenvalue weighted by atomic mass is 32.2. The fourth-order valence-electron chi connectivity index (χ4n) is 3.17. The molecule has 0 radical (unpaired) electrons. The van der Waals surface area contributed by atoms with Gasteiger partial charge in [-0.3, -0.25) is 4.79 Å². The molecule has 3 rings (SSSR count). The first-order chi connectivity index (χ1) is 13.6. The maximum Gasteiger partial charge on any atom is 0.573 e. The van der Waals surface area contributed by atoms with Crippen molar-refractivity contribution >= 4 is 15.7 Å². The molecule has 29 heavy (non-hydrogen) atoms. The summed E-state index contributed by atoms with van der Waals surface area (Å²) in [5, 5.41) is -0.849. The highest BCUT2D eigenvalue weighted by molar-refractivity contribution is 7.92. The van der Waals surface area contributed by atoms with E-state index >= 15 is 0 Å². The van der Waals surface area contributed by atoms with Crippen molar-refractivity contribution in [2.24, 2.45) is 0 Å². The fourth-order valence-corrected chi connectivity index (χ4v) is 4.93. The van der Waals surface area contributed by atoms with E-state index in [0.717, 1.165) is 24.3 Å². The average molecular weight is 431 g/mol. The molecular weight excluding hydrogens is 414 g/mol. The Balaban J connectivity index is 1.73. The number of rotatable bonds is 4. The van der Waals surface area contributed by atoms with E-state index in [1.54, 1.807) is 0 Å². The van der Waals surface area contributed by atoms with Gasteiger partial charge in [-0.15, -0.1) is 13.2 Å². The van der Waals surface area contributed by atoms with Gasteiger partial charge in [-0.25, -0.2) is 12.8 Å². The molecule has 2 aromatic carbocycles. The van der Waals surface area contributed by atoms with Gasteiger partial charge in [0.25, 0.3) is 5.91 Å². The van der Waals surface area contributed by atoms with Gasteiger partial charge in [0, 0.05) is 18.7 Å². The molecule has 1 aliphatic rings. The van der Waals surface area contributed by atoms with Crippen LogP contribution in [0.3, 0.4) is 0 Å². The molecule has 5 nitrogen and oxygen atoms in total. The van der Waals surface area contributed by atoms with Crippen molar-refractivity contribution < 1.29 is 35.5 Å². The highest BCUT2D eigenvalue weighted by Crippen LogP contribution is 2.26. The second-order valence-corrected chi connectivity index (χ2v) is 8.81. The number of piperidine rings is 1. The molecule has 0 bridgehead atoms. The van der Waals surface area contributed by atoms with E-state index in [4.69, 9.17) is 0 Å². The van der Waals surface area contributed by atoms with Crippen molar-refractivity contribution in [2.75, 3.05) is 13.1 Å². The van der Waals surface area contributed by atoms with Crippen LogP contribution in [0.15, 0.2) is 53.4 Å². The zero-order chi connectivity index (χ0) is 21.2. The quantitative estimate of drug-likeness (QED) is 0.546. The van der Waals surface area contributed by atoms with E-state index in [1.165, 1.54) is 29.2 Å². The second kappa shape index (κ2) is 8.02. The van der Waals surface area contributed by atoms with Crippen LogP contribution in [0.2, 0.25) is 0 Å². The molecule has 0 N–H and O–H groups in total. The lowest BCUT2D eigenvalue weighted by atomic mass is 10.1. The van der Waals surface area contributed by atoms with Crippen molar-refractivity contribution in [1.29, 1.82) is 0 Å². The summed E-state index contributed by atoms with van der Waals surface area (Å²) in [5.74, 6) is -1.49. The lowest BCUT2D eigenvalue weighted by Gasteiger charge is -2.32. The third-order valence-corrected chi connectivity index (χ3v) is 6.77. The smallest absolute Gasteiger partial charge is 0.406 e. The molecule has 0 aromatic heterocycles. The molecule has 1 saturated heterocycles. The molecule has 1 heterocycles. The zero-order valence-corrected chi connectivity index (χ0v) is 15.8. The Labute approximate surface area is 164 Å². The van der Waals surface area contributed by atoms with Gasteiger partial charge in [-0.1, -0.05) is 0 Å². The maximum absolute atomic E-state index is 13.1. The highest BCUT2D eigenvalue weighted by Gasteiger charge is 2.34. The lowest BCUT2D eigenvalue weighted by molar-refractivity contribution is -0.274. The number of likely N-dealkylation sites (tertiary alicyclic amines) is 1. The van der Waals surface area contributed by atoms with Gasteiger partial charge in [0.15, 0.2) is 9.84 Å². The van der Waals surface area contributed by atoms with Gasteiger partial charge < -0.3 is 9.64 Å². The molecule has 0 saturated carbocycles. The van der Waals surface area contributed by atoms with Gasteiger partial charge in [-0.05, 0) is 61.4 Å². The normalized spacial score (nSPS) is 17.8. The van der Waals surface area contributed by atoms with Gasteiger partial charge in [0.2, 0.25) is 0 Å². The van der Waals surface area contributed by atoms with Gasteiger partial charge in [0.05, 0.1) is 10.1 Å². The van der Waals surface area contributed by atoms with Crippen molar-refractivity contribution in [3.8, 4) is 5.75 Å². The Bertz CT molecular complexity index is 973. The molecule has 156 valence electrons. The summed E-state index contributed by atoms with van der Waals surface area (Å²) >= 11 is 0. The summed E-state index contributed by atoms with van der Waals surface area (Å²) in [7, 11) is -3.76. The van der Waals surface area contributed by atoms with Crippen molar-refractivity contribution in [1.82, 2.24) is 4.90 Å². The van der Waals surface area contributed by atoms with E-state index in [0.29, 0.717) is 19.4 Å². The standard InChI is InChI=1S/C19H17F4NO4S/c20-14-5-9-16(10-6-14)29(26,27)17-2-1-11-24(12-17)18(25)13-3-7-15(8-4-13)28-19(21,22)23/h3-10,17H,1-2,11-12H2/t17-/m1/s1. The Hall–Kier alpha value is -2.62. The van der Waals surface area contributed by atoms with E-state index in [1.807, 2.05) is 0 Å². The minimum absolute atomic E-state index is 0.0214. The Morgan fingerprint density at radius 1 is 1.03 bits per heavy atom. The third-order valence-electron chi connectivity index (χ3n) is 4.58. The monoisotopic (exact) mass is 431 g/mol. The van der Waals surface area contributed by atoms with E-state index in [2.05, 4.69) is 4.74 Å². The number of sulfone groups is 1.